The Morgan fingerprint density at radius 1 is 0.808 bits per heavy atom. The number of halogens is 1. The number of carbonyl (C=O) groups excluding carboxylic acids is 9. The maximum atomic E-state index is 15.3. The van der Waals surface area contributed by atoms with Crippen molar-refractivity contribution in [3.8, 4) is 0 Å². The van der Waals surface area contributed by atoms with Crippen molar-refractivity contribution in [2.45, 2.75) is 139 Å². The Labute approximate surface area is 430 Å². The van der Waals surface area contributed by atoms with Gasteiger partial charge in [0.25, 0.3) is 0 Å². The van der Waals surface area contributed by atoms with Gasteiger partial charge in [-0.05, 0) is 94.7 Å². The zero-order valence-electron chi connectivity index (χ0n) is 41.9. The quantitative estimate of drug-likeness (QED) is 0.0359. The lowest BCUT2D eigenvalue weighted by atomic mass is 9.71. The molecule has 7 atom stereocenters. The maximum absolute atomic E-state index is 15.3. The van der Waals surface area contributed by atoms with Gasteiger partial charge in [0.05, 0.1) is 12.0 Å². The number of amides is 11. The molecule has 0 spiro atoms. The first kappa shape index (κ1) is 57.0. The van der Waals surface area contributed by atoms with Gasteiger partial charge in [-0.1, -0.05) is 61.4 Å². The average molecular weight is 1030 g/mol. The number of urea groups is 2. The molecule has 2 saturated heterocycles. The molecule has 0 radical (unpaired) electrons. The predicted octanol–water partition coefficient (Wildman–Crippen LogP) is 2.08. The van der Waals surface area contributed by atoms with Crippen molar-refractivity contribution in [3.63, 3.8) is 0 Å². The summed E-state index contributed by atoms with van der Waals surface area (Å²) in [6, 6.07) is 11.9. The summed E-state index contributed by atoms with van der Waals surface area (Å²) in [5.41, 5.74) is 17.7. The topological polar surface area (TPSA) is 326 Å². The van der Waals surface area contributed by atoms with E-state index in [1.54, 1.807) is 18.3 Å². The number of hydrogen-bond donors (Lipinski definition) is 10. The highest BCUT2D eigenvalue weighted by Gasteiger charge is 2.56. The highest BCUT2D eigenvalue weighted by Crippen LogP contribution is 2.39. The third kappa shape index (κ3) is 15.8. The number of aromatic nitrogens is 1. The van der Waals surface area contributed by atoms with Gasteiger partial charge in [-0.3, -0.25) is 33.6 Å². The van der Waals surface area contributed by atoms with Crippen LogP contribution in [0.15, 0.2) is 60.8 Å². The Morgan fingerprint density at radius 3 is 2.19 bits per heavy atom. The van der Waals surface area contributed by atoms with E-state index in [1.165, 1.54) is 16.8 Å². The van der Waals surface area contributed by atoms with Crippen LogP contribution in [0, 0.1) is 5.92 Å². The zero-order valence-corrected chi connectivity index (χ0v) is 42.6. The van der Waals surface area contributed by atoms with Gasteiger partial charge < -0.3 is 63.9 Å². The summed E-state index contributed by atoms with van der Waals surface area (Å²) in [6.07, 6.45) is 7.06. The lowest BCUT2D eigenvalue weighted by Crippen LogP contribution is -2.71. The van der Waals surface area contributed by atoms with Crippen molar-refractivity contribution >= 4 is 75.9 Å². The van der Waals surface area contributed by atoms with Crippen LogP contribution in [0.3, 0.4) is 0 Å². The van der Waals surface area contributed by atoms with Crippen LogP contribution < -0.4 is 49.1 Å². The van der Waals surface area contributed by atoms with Gasteiger partial charge in [0.1, 0.15) is 29.5 Å². The summed E-state index contributed by atoms with van der Waals surface area (Å²) in [6.45, 7) is 2.32. The van der Waals surface area contributed by atoms with E-state index in [0.29, 0.717) is 50.6 Å². The monoisotopic (exact) mass is 1030 g/mol. The van der Waals surface area contributed by atoms with Crippen LogP contribution in [-0.2, 0) is 46.4 Å². The predicted molar refractivity (Wildman–Crippen MR) is 275 cm³/mol. The molecule has 398 valence electrons. The highest BCUT2D eigenvalue weighted by atomic mass is 35.5. The number of piperidine rings is 1. The standard InChI is InChI=1S/C51H73ClN12O9/c1-32-37(62-50(73)59-32)19-7-4-8-23-42(65)56-25-13-11-21-39(44(53)67)60-46(69)40(22-15-26-57-49(55)72)61-45(68)36(29-34-31-58-38-20-10-9-18-35(34)38)51(48(54)71)24-12-14-27-64(51)47(70)41(63(2)43(66)30-52)28-33-16-5-3-6-17-33/h3,5-6,9-10,16-18,20,31-32,36-37,39-41,58H,4,7-8,11-15,19,21-30H2,1-2H3,(H2,53,67)(H2,54,71)(H,56,65)(H,60,69)(H,61,68)(H3,55,57,72)(H2,59,62,73)/t32-,36-,37+,39+,40+,41+,51?/m1/s1. The third-order valence-corrected chi connectivity index (χ3v) is 14.3. The molecule has 11 amide bonds. The number of fused-ring (bicyclic) bond motifs is 1. The van der Waals surface area contributed by atoms with Crippen molar-refractivity contribution in [1.82, 2.24) is 46.7 Å². The summed E-state index contributed by atoms with van der Waals surface area (Å²) in [5.74, 6) is -6.45. The molecule has 2 aliphatic heterocycles. The van der Waals surface area contributed by atoms with Gasteiger partial charge in [-0.25, -0.2) is 9.59 Å². The molecule has 5 rings (SSSR count). The Hall–Kier alpha value is -6.90. The molecule has 3 heterocycles. The van der Waals surface area contributed by atoms with Crippen LogP contribution in [0.1, 0.15) is 102 Å². The molecule has 0 saturated carbocycles. The number of H-pyrrole nitrogens is 1. The minimum Gasteiger partial charge on any atom is -0.368 e. The molecule has 0 bridgehead atoms. The molecule has 3 aromatic rings. The molecule has 21 nitrogen and oxygen atoms in total. The normalized spacial score (nSPS) is 19.1. The fourth-order valence-electron chi connectivity index (χ4n) is 9.97. The molecule has 73 heavy (non-hydrogen) atoms. The Kier molecular flexibility index (Phi) is 21.7. The number of primary amides is 3. The molecule has 2 aliphatic rings. The molecule has 13 N–H and O–H groups in total. The molecule has 22 heteroatoms. The van der Waals surface area contributed by atoms with Crippen molar-refractivity contribution in [3.05, 3.63) is 71.9 Å². The first-order valence-electron chi connectivity index (χ1n) is 25.3. The fraction of sp³-hybridized carbons (Fsp3) is 0.549. The van der Waals surface area contributed by atoms with Gasteiger partial charge in [0.2, 0.25) is 41.4 Å². The molecule has 2 aromatic carbocycles. The van der Waals surface area contributed by atoms with Crippen molar-refractivity contribution in [2.75, 3.05) is 32.6 Å². The SMILES string of the molecule is C[C@H]1NC(=O)N[C@H]1CCCCCC(=O)NCCCC[C@H](NC(=O)[C@H](CCCNC(N)=O)NC(=O)[C@@H](Cc1c[nH]c2ccccc12)C1(C(N)=O)CCCCN1C(=O)[C@H](Cc1ccccc1)N(C)C(=O)CCl)C(N)=O. The van der Waals surface area contributed by atoms with E-state index in [0.717, 1.165) is 35.7 Å². The number of nitrogens with one attached hydrogen (secondary N) is 7. The van der Waals surface area contributed by atoms with Crippen LogP contribution in [0.2, 0.25) is 0 Å². The van der Waals surface area contributed by atoms with E-state index >= 15 is 9.59 Å². The first-order chi connectivity index (χ1) is 35.0. The number of nitrogens with two attached hydrogens (primary N) is 3. The highest BCUT2D eigenvalue weighted by molar-refractivity contribution is 6.27. The number of alkyl halides is 1. The van der Waals surface area contributed by atoms with Crippen LogP contribution >= 0.6 is 11.6 Å². The smallest absolute Gasteiger partial charge is 0.315 e. The summed E-state index contributed by atoms with van der Waals surface area (Å²) < 4.78 is 0. The second-order valence-electron chi connectivity index (χ2n) is 19.1. The molecular weight excluding hydrogens is 960 g/mol. The van der Waals surface area contributed by atoms with Crippen molar-refractivity contribution < 1.29 is 43.2 Å². The molecule has 1 aromatic heterocycles. The second-order valence-corrected chi connectivity index (χ2v) is 19.4. The van der Waals surface area contributed by atoms with Gasteiger partial charge in [-0.15, -0.1) is 11.6 Å². The number of benzene rings is 2. The van der Waals surface area contributed by atoms with Gasteiger partial charge in [0.15, 0.2) is 0 Å². The summed E-state index contributed by atoms with van der Waals surface area (Å²) in [4.78, 5) is 127. The summed E-state index contributed by atoms with van der Waals surface area (Å²) >= 11 is 6.03. The van der Waals surface area contributed by atoms with Crippen LogP contribution in [-0.4, -0.2) is 137 Å². The largest absolute Gasteiger partial charge is 0.368 e. The zero-order chi connectivity index (χ0) is 53.1. The number of aromatic amines is 1. The molecule has 2 fully saturated rings. The van der Waals surface area contributed by atoms with Crippen LogP contribution in [0.4, 0.5) is 9.59 Å². The third-order valence-electron chi connectivity index (χ3n) is 14.1. The number of carbonyl (C=O) groups is 9. The lowest BCUT2D eigenvalue weighted by Gasteiger charge is -2.50. The number of likely N-dealkylation sites (N-methyl/N-ethyl adjacent to an activating group) is 1. The first-order valence-corrected chi connectivity index (χ1v) is 25.8. The Bertz CT molecular complexity index is 2400. The van der Waals surface area contributed by atoms with Crippen LogP contribution in [0.25, 0.3) is 10.9 Å². The minimum atomic E-state index is -1.98. The number of para-hydroxylation sites is 1. The van der Waals surface area contributed by atoms with Gasteiger partial charge in [-0.2, -0.15) is 0 Å². The average Bonchev–Trinajstić information content (AvgIpc) is 3.94. The number of hydrogen-bond acceptors (Lipinski definition) is 9. The minimum absolute atomic E-state index is 0.0152. The van der Waals surface area contributed by atoms with Gasteiger partial charge >= 0.3 is 12.1 Å². The Morgan fingerprint density at radius 2 is 1.51 bits per heavy atom. The lowest BCUT2D eigenvalue weighted by molar-refractivity contribution is -0.162. The van der Waals surface area contributed by atoms with Gasteiger partial charge in [0, 0.05) is 62.7 Å². The molecule has 1 unspecified atom stereocenters. The molecule has 0 aliphatic carbocycles. The van der Waals surface area contributed by atoms with E-state index in [9.17, 15) is 33.6 Å². The molecular formula is C51H73ClN12O9. The number of rotatable bonds is 29. The number of nitrogens with zero attached hydrogens (tertiary/aromatic N) is 2. The summed E-state index contributed by atoms with van der Waals surface area (Å²) in [5, 5.41) is 17.3. The Balaban J connectivity index is 1.35. The van der Waals surface area contributed by atoms with E-state index in [2.05, 4.69) is 36.9 Å². The van der Waals surface area contributed by atoms with E-state index < -0.39 is 76.9 Å². The van der Waals surface area contributed by atoms with E-state index in [1.807, 2.05) is 49.4 Å². The van der Waals surface area contributed by atoms with E-state index in [4.69, 9.17) is 28.8 Å². The number of unbranched alkanes of at least 4 members (excludes halogenated alkanes) is 3. The van der Waals surface area contributed by atoms with Crippen molar-refractivity contribution in [2.24, 2.45) is 23.1 Å². The summed E-state index contributed by atoms with van der Waals surface area (Å²) in [7, 11) is 1.46. The van der Waals surface area contributed by atoms with Crippen LogP contribution in [0.5, 0.6) is 0 Å². The van der Waals surface area contributed by atoms with Crippen molar-refractivity contribution in [1.29, 1.82) is 0 Å². The maximum Gasteiger partial charge on any atom is 0.315 e. The second kappa shape index (κ2) is 27.8. The fourth-order valence-corrected chi connectivity index (χ4v) is 10.2. The number of likely N-dealkylation sites (tertiary alicyclic amines) is 1. The van der Waals surface area contributed by atoms with E-state index in [-0.39, 0.29) is 75.6 Å².